The minimum absolute atomic E-state index is 0.0485. The van der Waals surface area contributed by atoms with Crippen LogP contribution in [0.1, 0.15) is 16.8 Å². The van der Waals surface area contributed by atoms with Crippen molar-refractivity contribution in [1.82, 2.24) is 5.32 Å². The number of halogens is 1. The molecule has 0 bridgehead atoms. The maximum Gasteiger partial charge on any atom is 0.326 e. The summed E-state index contributed by atoms with van der Waals surface area (Å²) in [5.41, 5.74) is 6.27. The van der Waals surface area contributed by atoms with E-state index in [0.717, 1.165) is 0 Å². The number of hydrogen-bond donors (Lipinski definition) is 4. The van der Waals surface area contributed by atoms with Crippen molar-refractivity contribution < 1.29 is 19.8 Å². The number of aliphatic hydroxyl groups is 1. The largest absolute Gasteiger partial charge is 0.480 e. The Labute approximate surface area is 112 Å². The van der Waals surface area contributed by atoms with Gasteiger partial charge in [0.05, 0.1) is 0 Å². The molecule has 1 atom stereocenters. The highest BCUT2D eigenvalue weighted by Crippen LogP contribution is 2.20. The summed E-state index contributed by atoms with van der Waals surface area (Å²) < 4.78 is 0.657. The number of anilines is 1. The number of amides is 1. The normalized spacial score (nSPS) is 11.9. The van der Waals surface area contributed by atoms with E-state index in [4.69, 9.17) is 15.9 Å². The van der Waals surface area contributed by atoms with Gasteiger partial charge in [-0.05, 0) is 34.1 Å². The first-order chi connectivity index (χ1) is 8.45. The summed E-state index contributed by atoms with van der Waals surface area (Å²) in [5, 5.41) is 19.9. The maximum absolute atomic E-state index is 11.8. The minimum Gasteiger partial charge on any atom is -0.480 e. The summed E-state index contributed by atoms with van der Waals surface area (Å²) in [4.78, 5) is 22.6. The van der Waals surface area contributed by atoms with Gasteiger partial charge in [0.25, 0.3) is 5.91 Å². The average Bonchev–Trinajstić information content (AvgIpc) is 2.31. The van der Waals surface area contributed by atoms with Gasteiger partial charge in [0, 0.05) is 28.8 Å². The Bertz CT molecular complexity index is 464. The number of aliphatic carboxylic acids is 1. The second kappa shape index (κ2) is 6.36. The van der Waals surface area contributed by atoms with Gasteiger partial charge in [0.2, 0.25) is 0 Å². The van der Waals surface area contributed by atoms with Crippen molar-refractivity contribution in [2.75, 3.05) is 12.3 Å². The lowest BCUT2D eigenvalue weighted by Crippen LogP contribution is -2.41. The highest BCUT2D eigenvalue weighted by molar-refractivity contribution is 9.10. The molecule has 0 aliphatic heterocycles. The number of nitrogen functional groups attached to an aromatic ring is 1. The van der Waals surface area contributed by atoms with Crippen molar-refractivity contribution >= 4 is 33.5 Å². The number of nitrogens with one attached hydrogen (secondary N) is 1. The number of carboxylic acids is 1. The van der Waals surface area contributed by atoms with Crippen LogP contribution < -0.4 is 11.1 Å². The second-order valence-corrected chi connectivity index (χ2v) is 4.47. The number of hydrogen-bond acceptors (Lipinski definition) is 4. The number of benzene rings is 1. The molecule has 6 nitrogen and oxygen atoms in total. The number of nitrogens with two attached hydrogens (primary N) is 1. The SMILES string of the molecule is Nc1cc(C(=O)NC(CCO)C(=O)O)ccc1Br. The number of rotatable bonds is 5. The molecule has 1 amide bonds. The topological polar surface area (TPSA) is 113 Å². The molecule has 7 heteroatoms. The smallest absolute Gasteiger partial charge is 0.326 e. The zero-order valence-electron chi connectivity index (χ0n) is 9.39. The van der Waals surface area contributed by atoms with Gasteiger partial charge in [-0.3, -0.25) is 4.79 Å². The first-order valence-corrected chi connectivity index (χ1v) is 5.94. The third-order valence-corrected chi connectivity index (χ3v) is 3.00. The fourth-order valence-corrected chi connectivity index (χ4v) is 1.56. The molecular formula is C11H13BrN2O4. The van der Waals surface area contributed by atoms with Gasteiger partial charge in [0.15, 0.2) is 0 Å². The van der Waals surface area contributed by atoms with Crippen molar-refractivity contribution in [3.8, 4) is 0 Å². The molecule has 0 radical (unpaired) electrons. The van der Waals surface area contributed by atoms with E-state index in [2.05, 4.69) is 21.2 Å². The van der Waals surface area contributed by atoms with Crippen molar-refractivity contribution in [3.05, 3.63) is 28.2 Å². The molecule has 5 N–H and O–H groups in total. The Hall–Kier alpha value is -1.60. The fraction of sp³-hybridized carbons (Fsp3) is 0.273. The molecule has 1 rings (SSSR count). The highest BCUT2D eigenvalue weighted by Gasteiger charge is 2.20. The van der Waals surface area contributed by atoms with Crippen LogP contribution in [0.25, 0.3) is 0 Å². The van der Waals surface area contributed by atoms with Gasteiger partial charge in [-0.2, -0.15) is 0 Å². The van der Waals surface area contributed by atoms with Crippen LogP contribution in [-0.2, 0) is 4.79 Å². The van der Waals surface area contributed by atoms with Crippen LogP contribution in [0.5, 0.6) is 0 Å². The predicted molar refractivity (Wildman–Crippen MR) is 69.1 cm³/mol. The van der Waals surface area contributed by atoms with E-state index in [9.17, 15) is 9.59 Å². The molecule has 1 aromatic rings. The van der Waals surface area contributed by atoms with Gasteiger partial charge in [-0.1, -0.05) is 0 Å². The highest BCUT2D eigenvalue weighted by atomic mass is 79.9. The first-order valence-electron chi connectivity index (χ1n) is 5.15. The Morgan fingerprint density at radius 3 is 2.61 bits per heavy atom. The van der Waals surface area contributed by atoms with Crippen LogP contribution in [0.15, 0.2) is 22.7 Å². The van der Waals surface area contributed by atoms with Crippen LogP contribution >= 0.6 is 15.9 Å². The van der Waals surface area contributed by atoms with E-state index in [1.54, 1.807) is 6.07 Å². The first kappa shape index (κ1) is 14.5. The minimum atomic E-state index is -1.19. The van der Waals surface area contributed by atoms with E-state index < -0.39 is 17.9 Å². The number of aliphatic hydroxyl groups excluding tert-OH is 1. The number of carbonyl (C=O) groups excluding carboxylic acids is 1. The maximum atomic E-state index is 11.8. The summed E-state index contributed by atoms with van der Waals surface area (Å²) in [6, 6.07) is 3.45. The lowest BCUT2D eigenvalue weighted by Gasteiger charge is -2.13. The summed E-state index contributed by atoms with van der Waals surface area (Å²) in [7, 11) is 0. The van der Waals surface area contributed by atoms with Crippen LogP contribution in [0.3, 0.4) is 0 Å². The monoisotopic (exact) mass is 316 g/mol. The molecule has 0 aliphatic rings. The van der Waals surface area contributed by atoms with Crippen LogP contribution in [-0.4, -0.2) is 34.7 Å². The molecule has 98 valence electrons. The van der Waals surface area contributed by atoms with Gasteiger partial charge >= 0.3 is 5.97 Å². The lowest BCUT2D eigenvalue weighted by molar-refractivity contribution is -0.139. The predicted octanol–water partition coefficient (Wildman–Crippen LogP) is 0.597. The third-order valence-electron chi connectivity index (χ3n) is 2.28. The number of carboxylic acid groups (broad SMARTS) is 1. The lowest BCUT2D eigenvalue weighted by atomic mass is 10.1. The molecule has 0 heterocycles. The van der Waals surface area contributed by atoms with E-state index >= 15 is 0 Å². The molecule has 1 aromatic carbocycles. The Kier molecular flexibility index (Phi) is 5.11. The third kappa shape index (κ3) is 3.71. The molecule has 18 heavy (non-hydrogen) atoms. The molecule has 1 unspecified atom stereocenters. The van der Waals surface area contributed by atoms with Crippen LogP contribution in [0.2, 0.25) is 0 Å². The van der Waals surface area contributed by atoms with Crippen molar-refractivity contribution in [3.63, 3.8) is 0 Å². The van der Waals surface area contributed by atoms with Crippen molar-refractivity contribution in [2.24, 2.45) is 0 Å². The van der Waals surface area contributed by atoms with Gasteiger partial charge in [-0.15, -0.1) is 0 Å². The van der Waals surface area contributed by atoms with Gasteiger partial charge in [-0.25, -0.2) is 4.79 Å². The zero-order valence-corrected chi connectivity index (χ0v) is 11.0. The fourth-order valence-electron chi connectivity index (χ4n) is 1.31. The van der Waals surface area contributed by atoms with Crippen LogP contribution in [0, 0.1) is 0 Å². The van der Waals surface area contributed by atoms with E-state index in [1.807, 2.05) is 0 Å². The molecule has 0 saturated heterocycles. The van der Waals surface area contributed by atoms with Crippen molar-refractivity contribution in [1.29, 1.82) is 0 Å². The summed E-state index contributed by atoms with van der Waals surface area (Å²) in [5.74, 6) is -1.74. The average molecular weight is 317 g/mol. The number of carbonyl (C=O) groups is 2. The molecule has 0 spiro atoms. The molecular weight excluding hydrogens is 304 g/mol. The Balaban J connectivity index is 2.80. The summed E-state index contributed by atoms with van der Waals surface area (Å²) in [6.45, 7) is -0.320. The van der Waals surface area contributed by atoms with Gasteiger partial charge < -0.3 is 21.3 Å². The quantitative estimate of drug-likeness (QED) is 0.594. The van der Waals surface area contributed by atoms with Gasteiger partial charge in [0.1, 0.15) is 6.04 Å². The van der Waals surface area contributed by atoms with E-state index in [-0.39, 0.29) is 18.6 Å². The van der Waals surface area contributed by atoms with Crippen LogP contribution in [0.4, 0.5) is 5.69 Å². The zero-order chi connectivity index (χ0) is 13.7. The van der Waals surface area contributed by atoms with Crippen molar-refractivity contribution in [2.45, 2.75) is 12.5 Å². The Morgan fingerprint density at radius 2 is 2.11 bits per heavy atom. The second-order valence-electron chi connectivity index (χ2n) is 3.61. The molecule has 0 aromatic heterocycles. The van der Waals surface area contributed by atoms with E-state index in [1.165, 1.54) is 12.1 Å². The molecule has 0 saturated carbocycles. The summed E-state index contributed by atoms with van der Waals surface area (Å²) >= 11 is 3.19. The standard InChI is InChI=1S/C11H13BrN2O4/c12-7-2-1-6(5-8(7)13)10(16)14-9(3-4-15)11(17)18/h1-2,5,9,15H,3-4,13H2,(H,14,16)(H,17,18). The van der Waals surface area contributed by atoms with E-state index in [0.29, 0.717) is 10.2 Å². The molecule has 0 aliphatic carbocycles. The summed E-state index contributed by atoms with van der Waals surface area (Å²) in [6.07, 6.45) is -0.0485. The molecule has 0 fully saturated rings. The Morgan fingerprint density at radius 1 is 1.44 bits per heavy atom.